The van der Waals surface area contributed by atoms with Crippen molar-refractivity contribution in [3.63, 3.8) is 0 Å². The molecule has 0 atom stereocenters. The Balaban J connectivity index is 1.61. The first-order chi connectivity index (χ1) is 12.4. The Kier molecular flexibility index (Phi) is 5.58. The number of aryl methyl sites for hydroxylation is 2. The van der Waals surface area contributed by atoms with E-state index in [4.69, 9.17) is 16.0 Å². The summed E-state index contributed by atoms with van der Waals surface area (Å²) in [5, 5.41) is 11.0. The molecule has 1 amide bonds. The van der Waals surface area contributed by atoms with Crippen LogP contribution in [-0.4, -0.2) is 21.9 Å². The van der Waals surface area contributed by atoms with Gasteiger partial charge in [0.15, 0.2) is 0 Å². The van der Waals surface area contributed by atoms with Crippen LogP contribution in [0.2, 0.25) is 5.02 Å². The smallest absolute Gasteiger partial charge is 0.277 e. The Morgan fingerprint density at radius 2 is 2.00 bits per heavy atom. The van der Waals surface area contributed by atoms with Crippen LogP contribution in [0, 0.1) is 19.7 Å². The van der Waals surface area contributed by atoms with E-state index in [2.05, 4.69) is 15.5 Å². The molecule has 26 heavy (non-hydrogen) atoms. The zero-order chi connectivity index (χ0) is 18.7. The molecule has 1 heterocycles. The molecule has 0 spiro atoms. The predicted octanol–water partition coefficient (Wildman–Crippen LogP) is 4.88. The summed E-state index contributed by atoms with van der Waals surface area (Å²) in [6, 6.07) is 9.80. The molecular formula is C18H15ClFN3O2S. The summed E-state index contributed by atoms with van der Waals surface area (Å²) in [4.78, 5) is 12.0. The topological polar surface area (TPSA) is 68.0 Å². The number of carbonyl (C=O) groups is 1. The van der Waals surface area contributed by atoms with Crippen LogP contribution in [0.1, 0.15) is 11.1 Å². The normalized spacial score (nSPS) is 10.8. The van der Waals surface area contributed by atoms with Gasteiger partial charge >= 0.3 is 0 Å². The molecule has 0 aliphatic heterocycles. The Hall–Kier alpha value is -2.38. The van der Waals surface area contributed by atoms with Gasteiger partial charge in [-0.1, -0.05) is 29.4 Å². The van der Waals surface area contributed by atoms with Gasteiger partial charge in [0.2, 0.25) is 11.8 Å². The summed E-state index contributed by atoms with van der Waals surface area (Å²) in [5.74, 6) is -0.567. The molecule has 0 fully saturated rings. The molecule has 0 saturated heterocycles. The third-order valence-electron chi connectivity index (χ3n) is 3.69. The number of carbonyl (C=O) groups excluding carboxylic acids is 1. The fourth-order valence-corrected chi connectivity index (χ4v) is 2.90. The number of amides is 1. The Morgan fingerprint density at radius 1 is 1.19 bits per heavy atom. The maximum absolute atomic E-state index is 13.6. The van der Waals surface area contributed by atoms with Crippen LogP contribution >= 0.6 is 23.4 Å². The van der Waals surface area contributed by atoms with Crippen LogP contribution in [0.15, 0.2) is 46.0 Å². The highest BCUT2D eigenvalue weighted by Crippen LogP contribution is 2.25. The van der Waals surface area contributed by atoms with E-state index in [9.17, 15) is 9.18 Å². The van der Waals surface area contributed by atoms with Gasteiger partial charge in [-0.05, 0) is 55.3 Å². The average molecular weight is 392 g/mol. The number of benzene rings is 2. The number of halogens is 2. The minimum Gasteiger partial charge on any atom is -0.411 e. The number of anilines is 1. The fourth-order valence-electron chi connectivity index (χ4n) is 2.17. The average Bonchev–Trinajstić information content (AvgIpc) is 3.08. The van der Waals surface area contributed by atoms with Crippen molar-refractivity contribution < 1.29 is 13.6 Å². The SMILES string of the molecule is Cc1ccc(-c2nnc(SCC(=O)Nc3cc(Cl)ccc3F)o2)cc1C. The van der Waals surface area contributed by atoms with Gasteiger partial charge in [-0.15, -0.1) is 10.2 Å². The minimum atomic E-state index is -0.553. The molecule has 0 bridgehead atoms. The van der Waals surface area contributed by atoms with E-state index in [-0.39, 0.29) is 16.7 Å². The second-order valence-corrected chi connectivity index (χ2v) is 7.00. The molecule has 0 aliphatic carbocycles. The molecule has 1 aromatic heterocycles. The Labute approximate surface area is 159 Å². The van der Waals surface area contributed by atoms with Crippen molar-refractivity contribution in [2.45, 2.75) is 19.1 Å². The first kappa shape index (κ1) is 18.4. The van der Waals surface area contributed by atoms with Crippen LogP contribution in [0.3, 0.4) is 0 Å². The van der Waals surface area contributed by atoms with Gasteiger partial charge in [0.25, 0.3) is 5.22 Å². The number of hydrogen-bond donors (Lipinski definition) is 1. The van der Waals surface area contributed by atoms with Crippen LogP contribution in [-0.2, 0) is 4.79 Å². The van der Waals surface area contributed by atoms with Crippen molar-refractivity contribution in [3.8, 4) is 11.5 Å². The number of rotatable bonds is 5. The predicted molar refractivity (Wildman–Crippen MR) is 100.0 cm³/mol. The number of thioether (sulfide) groups is 1. The third kappa shape index (κ3) is 4.42. The van der Waals surface area contributed by atoms with Crippen LogP contribution in [0.25, 0.3) is 11.5 Å². The van der Waals surface area contributed by atoms with Crippen molar-refractivity contribution in [2.24, 2.45) is 0 Å². The zero-order valence-electron chi connectivity index (χ0n) is 14.0. The van der Waals surface area contributed by atoms with Gasteiger partial charge in [-0.3, -0.25) is 4.79 Å². The van der Waals surface area contributed by atoms with E-state index in [0.717, 1.165) is 22.9 Å². The summed E-state index contributed by atoms with van der Waals surface area (Å²) in [7, 11) is 0. The number of aromatic nitrogens is 2. The maximum atomic E-state index is 13.6. The first-order valence-corrected chi connectivity index (χ1v) is 9.07. The molecule has 0 radical (unpaired) electrons. The molecule has 2 aromatic carbocycles. The van der Waals surface area contributed by atoms with Crippen molar-refractivity contribution >= 4 is 35.0 Å². The van der Waals surface area contributed by atoms with Crippen LogP contribution in [0.4, 0.5) is 10.1 Å². The van der Waals surface area contributed by atoms with Crippen LogP contribution < -0.4 is 5.32 Å². The van der Waals surface area contributed by atoms with Crippen molar-refractivity contribution in [1.29, 1.82) is 0 Å². The van der Waals surface area contributed by atoms with E-state index in [1.165, 1.54) is 23.8 Å². The zero-order valence-corrected chi connectivity index (χ0v) is 15.6. The molecule has 0 saturated carbocycles. The summed E-state index contributed by atoms with van der Waals surface area (Å²) in [6.45, 7) is 4.03. The van der Waals surface area contributed by atoms with E-state index >= 15 is 0 Å². The van der Waals surface area contributed by atoms with Gasteiger partial charge in [-0.25, -0.2) is 4.39 Å². The lowest BCUT2D eigenvalue weighted by Crippen LogP contribution is -2.15. The summed E-state index contributed by atoms with van der Waals surface area (Å²) in [6.07, 6.45) is 0. The monoisotopic (exact) mass is 391 g/mol. The van der Waals surface area contributed by atoms with E-state index in [1.807, 2.05) is 32.0 Å². The molecule has 1 N–H and O–H groups in total. The second kappa shape index (κ2) is 7.88. The van der Waals surface area contributed by atoms with E-state index < -0.39 is 11.7 Å². The standard InChI is InChI=1S/C18H15ClFN3O2S/c1-10-3-4-12(7-11(10)2)17-22-23-18(25-17)26-9-16(24)21-15-8-13(19)5-6-14(15)20/h3-8H,9H2,1-2H3,(H,21,24). The fraction of sp³-hybridized carbons (Fsp3) is 0.167. The number of nitrogens with zero attached hydrogens (tertiary/aromatic N) is 2. The molecule has 3 aromatic rings. The van der Waals surface area contributed by atoms with Crippen molar-refractivity contribution in [1.82, 2.24) is 10.2 Å². The molecule has 3 rings (SSSR count). The van der Waals surface area contributed by atoms with Gasteiger partial charge < -0.3 is 9.73 Å². The lowest BCUT2D eigenvalue weighted by atomic mass is 10.1. The Morgan fingerprint density at radius 3 is 2.77 bits per heavy atom. The van der Waals surface area contributed by atoms with Gasteiger partial charge in [0.1, 0.15) is 5.82 Å². The number of nitrogens with one attached hydrogen (secondary N) is 1. The largest absolute Gasteiger partial charge is 0.411 e. The molecule has 5 nitrogen and oxygen atoms in total. The van der Waals surface area contributed by atoms with E-state index in [1.54, 1.807) is 0 Å². The first-order valence-electron chi connectivity index (χ1n) is 7.71. The van der Waals surface area contributed by atoms with Crippen LogP contribution in [0.5, 0.6) is 0 Å². The molecule has 8 heteroatoms. The lowest BCUT2D eigenvalue weighted by molar-refractivity contribution is -0.113. The molecule has 0 unspecified atom stereocenters. The van der Waals surface area contributed by atoms with E-state index in [0.29, 0.717) is 10.9 Å². The highest BCUT2D eigenvalue weighted by atomic mass is 35.5. The highest BCUT2D eigenvalue weighted by Gasteiger charge is 2.13. The van der Waals surface area contributed by atoms with Gasteiger partial charge in [0, 0.05) is 10.6 Å². The summed E-state index contributed by atoms with van der Waals surface area (Å²) < 4.78 is 19.2. The highest BCUT2D eigenvalue weighted by molar-refractivity contribution is 7.99. The minimum absolute atomic E-state index is 0.000508. The maximum Gasteiger partial charge on any atom is 0.277 e. The quantitative estimate of drug-likeness (QED) is 0.628. The molecule has 0 aliphatic rings. The van der Waals surface area contributed by atoms with Crippen molar-refractivity contribution in [2.75, 3.05) is 11.1 Å². The summed E-state index contributed by atoms with van der Waals surface area (Å²) >= 11 is 6.87. The van der Waals surface area contributed by atoms with Gasteiger partial charge in [0.05, 0.1) is 11.4 Å². The third-order valence-corrected chi connectivity index (χ3v) is 4.74. The molecular weight excluding hydrogens is 377 g/mol. The Bertz CT molecular complexity index is 961. The second-order valence-electron chi connectivity index (χ2n) is 5.63. The van der Waals surface area contributed by atoms with Gasteiger partial charge in [-0.2, -0.15) is 0 Å². The molecule has 134 valence electrons. The number of hydrogen-bond acceptors (Lipinski definition) is 5. The van der Waals surface area contributed by atoms with Crippen molar-refractivity contribution in [3.05, 3.63) is 58.4 Å². The lowest BCUT2D eigenvalue weighted by Gasteiger charge is -2.05. The summed E-state index contributed by atoms with van der Waals surface area (Å²) in [5.41, 5.74) is 3.15.